The second-order valence-corrected chi connectivity index (χ2v) is 7.83. The van der Waals surface area contributed by atoms with Gasteiger partial charge in [-0.1, -0.05) is 48.9 Å². The van der Waals surface area contributed by atoms with Gasteiger partial charge in [0.2, 0.25) is 0 Å². The molecule has 0 spiro atoms. The lowest BCUT2D eigenvalue weighted by molar-refractivity contribution is -0.0495. The molecule has 23 heavy (non-hydrogen) atoms. The minimum Gasteiger partial charge on any atom is -0.385 e. The van der Waals surface area contributed by atoms with Gasteiger partial charge < -0.3 is 10.0 Å². The van der Waals surface area contributed by atoms with Crippen molar-refractivity contribution in [3.63, 3.8) is 0 Å². The van der Waals surface area contributed by atoms with Crippen LogP contribution in [0.5, 0.6) is 0 Å². The summed E-state index contributed by atoms with van der Waals surface area (Å²) >= 11 is 0. The first-order valence-electron chi connectivity index (χ1n) is 9.44. The predicted molar refractivity (Wildman–Crippen MR) is 94.1 cm³/mol. The summed E-state index contributed by atoms with van der Waals surface area (Å²) in [5.74, 6) is 1.67. The van der Waals surface area contributed by atoms with E-state index in [-0.39, 0.29) is 0 Å². The number of fused-ring (bicyclic) bond motifs is 2. The first-order chi connectivity index (χ1) is 11.3. The molecular weight excluding hydrogens is 282 g/mol. The van der Waals surface area contributed by atoms with Crippen molar-refractivity contribution in [2.45, 2.75) is 44.1 Å². The van der Waals surface area contributed by atoms with Crippen LogP contribution >= 0.6 is 0 Å². The van der Waals surface area contributed by atoms with Crippen molar-refractivity contribution in [3.05, 3.63) is 48.0 Å². The standard InChI is InChI=1S/C21H29NO/c23-21(19-7-3-1-4-8-19,11-14-22-12-5-2-6-13-22)20-16-17-9-10-18(20)15-17/h1,3-4,7-10,17-18,20,23H,2,5-6,11-16H2/t17?,18?,20-,21+/m1/s1. The van der Waals surface area contributed by atoms with Crippen molar-refractivity contribution >= 4 is 0 Å². The lowest BCUT2D eigenvalue weighted by Crippen LogP contribution is -2.42. The third kappa shape index (κ3) is 2.99. The van der Waals surface area contributed by atoms with Crippen molar-refractivity contribution in [3.8, 4) is 0 Å². The normalized spacial score (nSPS) is 33.0. The molecule has 4 atom stereocenters. The van der Waals surface area contributed by atoms with Gasteiger partial charge in [0.25, 0.3) is 0 Å². The summed E-state index contributed by atoms with van der Waals surface area (Å²) in [6, 6.07) is 10.5. The largest absolute Gasteiger partial charge is 0.385 e. The average Bonchev–Trinajstić information content (AvgIpc) is 3.25. The SMILES string of the molecule is O[C@@](CCN1CCCCC1)(c1ccccc1)[C@@H]1CC2C=CC1C2. The molecule has 124 valence electrons. The summed E-state index contributed by atoms with van der Waals surface area (Å²) in [5, 5.41) is 11.8. The van der Waals surface area contributed by atoms with Gasteiger partial charge in [-0.05, 0) is 68.5 Å². The molecule has 1 aromatic rings. The fourth-order valence-electron chi connectivity index (χ4n) is 5.11. The molecular formula is C21H29NO. The van der Waals surface area contributed by atoms with E-state index in [2.05, 4.69) is 47.4 Å². The van der Waals surface area contributed by atoms with Crippen LogP contribution in [0.2, 0.25) is 0 Å². The maximum absolute atomic E-state index is 11.8. The van der Waals surface area contributed by atoms with Gasteiger partial charge in [-0.3, -0.25) is 0 Å². The molecule has 0 amide bonds. The number of aliphatic hydroxyl groups is 1. The van der Waals surface area contributed by atoms with Crippen LogP contribution in [0.25, 0.3) is 0 Å². The van der Waals surface area contributed by atoms with E-state index in [0.29, 0.717) is 17.8 Å². The molecule has 2 heteroatoms. The van der Waals surface area contributed by atoms with Crippen LogP contribution in [0, 0.1) is 17.8 Å². The fourth-order valence-corrected chi connectivity index (χ4v) is 5.11. The highest BCUT2D eigenvalue weighted by atomic mass is 16.3. The minimum atomic E-state index is -0.664. The summed E-state index contributed by atoms with van der Waals surface area (Å²) in [5.41, 5.74) is 0.464. The monoisotopic (exact) mass is 311 g/mol. The predicted octanol–water partition coefficient (Wildman–Crippen LogP) is 3.96. The molecule has 0 radical (unpaired) electrons. The Morgan fingerprint density at radius 3 is 2.43 bits per heavy atom. The Kier molecular flexibility index (Phi) is 4.29. The number of hydrogen-bond donors (Lipinski definition) is 1. The van der Waals surface area contributed by atoms with Gasteiger partial charge in [0.05, 0.1) is 5.60 Å². The van der Waals surface area contributed by atoms with E-state index in [1.54, 1.807) is 0 Å². The van der Waals surface area contributed by atoms with Gasteiger partial charge in [-0.15, -0.1) is 0 Å². The third-order valence-corrected chi connectivity index (χ3v) is 6.42. The zero-order chi connectivity index (χ0) is 15.7. The maximum Gasteiger partial charge on any atom is 0.0942 e. The Labute approximate surface area is 140 Å². The minimum absolute atomic E-state index is 0.393. The maximum atomic E-state index is 11.8. The van der Waals surface area contributed by atoms with Crippen LogP contribution in [0.1, 0.15) is 44.1 Å². The summed E-state index contributed by atoms with van der Waals surface area (Å²) in [6.07, 6.45) is 12.0. The molecule has 1 aromatic carbocycles. The summed E-state index contributed by atoms with van der Waals surface area (Å²) in [6.45, 7) is 3.45. The molecule has 4 rings (SSSR count). The number of benzene rings is 1. The molecule has 1 N–H and O–H groups in total. The Bertz CT molecular complexity index is 548. The highest BCUT2D eigenvalue weighted by Gasteiger charge is 2.48. The summed E-state index contributed by atoms with van der Waals surface area (Å²) in [4.78, 5) is 2.56. The first kappa shape index (κ1) is 15.4. The molecule has 2 nitrogen and oxygen atoms in total. The number of hydrogen-bond acceptors (Lipinski definition) is 2. The van der Waals surface area contributed by atoms with Gasteiger partial charge in [-0.2, -0.15) is 0 Å². The van der Waals surface area contributed by atoms with E-state index >= 15 is 0 Å². The highest BCUT2D eigenvalue weighted by molar-refractivity contribution is 5.27. The number of likely N-dealkylation sites (tertiary alicyclic amines) is 1. The molecule has 2 bridgehead atoms. The molecule has 2 fully saturated rings. The molecule has 0 aromatic heterocycles. The molecule has 1 heterocycles. The van der Waals surface area contributed by atoms with E-state index in [0.717, 1.165) is 24.9 Å². The molecule has 1 saturated carbocycles. The smallest absolute Gasteiger partial charge is 0.0942 e. The average molecular weight is 311 g/mol. The second-order valence-electron chi connectivity index (χ2n) is 7.83. The molecule has 1 aliphatic heterocycles. The zero-order valence-electron chi connectivity index (χ0n) is 14.0. The van der Waals surface area contributed by atoms with E-state index in [9.17, 15) is 5.11 Å². The molecule has 3 aliphatic rings. The highest BCUT2D eigenvalue weighted by Crippen LogP contribution is 2.52. The summed E-state index contributed by atoms with van der Waals surface area (Å²) < 4.78 is 0. The number of nitrogens with zero attached hydrogens (tertiary/aromatic N) is 1. The van der Waals surface area contributed by atoms with Gasteiger partial charge in [0, 0.05) is 6.54 Å². The van der Waals surface area contributed by atoms with Crippen molar-refractivity contribution < 1.29 is 5.11 Å². The van der Waals surface area contributed by atoms with Crippen LogP contribution in [0.4, 0.5) is 0 Å². The van der Waals surface area contributed by atoms with Crippen LogP contribution in [-0.4, -0.2) is 29.6 Å². The van der Waals surface area contributed by atoms with Gasteiger partial charge in [0.1, 0.15) is 0 Å². The Balaban J connectivity index is 1.55. The van der Waals surface area contributed by atoms with Crippen molar-refractivity contribution in [2.75, 3.05) is 19.6 Å². The first-order valence-corrected chi connectivity index (χ1v) is 9.44. The Hall–Kier alpha value is -1.12. The van der Waals surface area contributed by atoms with Gasteiger partial charge in [0.15, 0.2) is 0 Å². The van der Waals surface area contributed by atoms with Crippen molar-refractivity contribution in [1.82, 2.24) is 4.90 Å². The Morgan fingerprint density at radius 1 is 1.00 bits per heavy atom. The second kappa shape index (κ2) is 6.41. The van der Waals surface area contributed by atoms with Crippen molar-refractivity contribution in [1.29, 1.82) is 0 Å². The van der Waals surface area contributed by atoms with Crippen LogP contribution in [0.3, 0.4) is 0 Å². The molecule has 2 unspecified atom stereocenters. The Morgan fingerprint density at radius 2 is 1.78 bits per heavy atom. The van der Waals surface area contributed by atoms with Gasteiger partial charge in [-0.25, -0.2) is 0 Å². The number of allylic oxidation sites excluding steroid dienone is 2. The van der Waals surface area contributed by atoms with Crippen molar-refractivity contribution in [2.24, 2.45) is 17.8 Å². The van der Waals surface area contributed by atoms with Crippen LogP contribution in [0.15, 0.2) is 42.5 Å². The van der Waals surface area contributed by atoms with Crippen LogP contribution in [-0.2, 0) is 5.60 Å². The lowest BCUT2D eigenvalue weighted by Gasteiger charge is -2.40. The van der Waals surface area contributed by atoms with E-state index < -0.39 is 5.60 Å². The topological polar surface area (TPSA) is 23.5 Å². The lowest BCUT2D eigenvalue weighted by atomic mass is 9.72. The number of piperidine rings is 1. The van der Waals surface area contributed by atoms with E-state index in [1.807, 2.05) is 0 Å². The molecule has 1 saturated heterocycles. The fraction of sp³-hybridized carbons (Fsp3) is 0.619. The summed E-state index contributed by atoms with van der Waals surface area (Å²) in [7, 11) is 0. The van der Waals surface area contributed by atoms with E-state index in [1.165, 1.54) is 38.8 Å². The van der Waals surface area contributed by atoms with Crippen LogP contribution < -0.4 is 0 Å². The number of rotatable bonds is 5. The van der Waals surface area contributed by atoms with E-state index in [4.69, 9.17) is 0 Å². The third-order valence-electron chi connectivity index (χ3n) is 6.42. The molecule has 2 aliphatic carbocycles. The van der Waals surface area contributed by atoms with Gasteiger partial charge >= 0.3 is 0 Å². The quantitative estimate of drug-likeness (QED) is 0.832. The zero-order valence-corrected chi connectivity index (χ0v) is 14.0.